The molecule has 2 aromatic heterocycles. The fourth-order valence-electron chi connectivity index (χ4n) is 2.37. The topological polar surface area (TPSA) is 33.4 Å². The highest BCUT2D eigenvalue weighted by Gasteiger charge is 2.14. The summed E-state index contributed by atoms with van der Waals surface area (Å²) in [6.07, 6.45) is 8.70. The van der Waals surface area contributed by atoms with Gasteiger partial charge >= 0.3 is 0 Å². The second kappa shape index (κ2) is 4.64. The van der Waals surface area contributed by atoms with E-state index in [1.807, 2.05) is 17.6 Å². The standard InChI is InChI=1S/C12H18N4S/c1-10-9-16-11(13-10)17-12(14-16)15-7-5-3-2-4-6-8-15/h9H,2-8H2,1H3. The minimum atomic E-state index is 1.01. The Balaban J connectivity index is 1.83. The van der Waals surface area contributed by atoms with E-state index < -0.39 is 0 Å². The summed E-state index contributed by atoms with van der Waals surface area (Å²) in [7, 11) is 0. The second-order valence-electron chi connectivity index (χ2n) is 4.75. The Morgan fingerprint density at radius 3 is 2.53 bits per heavy atom. The van der Waals surface area contributed by atoms with Gasteiger partial charge in [0, 0.05) is 13.1 Å². The van der Waals surface area contributed by atoms with Crippen molar-refractivity contribution in [1.82, 2.24) is 14.6 Å². The van der Waals surface area contributed by atoms with Crippen LogP contribution in [-0.2, 0) is 0 Å². The molecule has 0 aliphatic carbocycles. The van der Waals surface area contributed by atoms with E-state index in [2.05, 4.69) is 15.0 Å². The van der Waals surface area contributed by atoms with Gasteiger partial charge in [-0.3, -0.25) is 0 Å². The summed E-state index contributed by atoms with van der Waals surface area (Å²) in [5.74, 6) is 0. The van der Waals surface area contributed by atoms with Crippen molar-refractivity contribution < 1.29 is 0 Å². The molecule has 92 valence electrons. The van der Waals surface area contributed by atoms with Crippen molar-refractivity contribution in [3.8, 4) is 0 Å². The van der Waals surface area contributed by atoms with E-state index in [1.54, 1.807) is 11.3 Å². The first-order valence-electron chi connectivity index (χ1n) is 6.41. The van der Waals surface area contributed by atoms with Crippen LogP contribution in [-0.4, -0.2) is 27.7 Å². The van der Waals surface area contributed by atoms with Crippen molar-refractivity contribution in [1.29, 1.82) is 0 Å². The predicted molar refractivity (Wildman–Crippen MR) is 70.9 cm³/mol. The molecule has 0 unspecified atom stereocenters. The van der Waals surface area contributed by atoms with Crippen LogP contribution in [0.15, 0.2) is 6.20 Å². The highest BCUT2D eigenvalue weighted by atomic mass is 32.1. The molecule has 5 heteroatoms. The average Bonchev–Trinajstić information content (AvgIpc) is 2.73. The summed E-state index contributed by atoms with van der Waals surface area (Å²) in [6.45, 7) is 4.31. The molecule has 1 aliphatic rings. The fourth-order valence-corrected chi connectivity index (χ4v) is 3.35. The van der Waals surface area contributed by atoms with Gasteiger partial charge in [-0.05, 0) is 19.8 Å². The molecule has 3 rings (SSSR count). The fraction of sp³-hybridized carbons (Fsp3) is 0.667. The van der Waals surface area contributed by atoms with Crippen molar-refractivity contribution in [3.63, 3.8) is 0 Å². The number of rotatable bonds is 1. The van der Waals surface area contributed by atoms with Gasteiger partial charge in [0.15, 0.2) is 0 Å². The lowest BCUT2D eigenvalue weighted by Gasteiger charge is -2.23. The van der Waals surface area contributed by atoms with Gasteiger partial charge in [0.05, 0.1) is 11.9 Å². The summed E-state index contributed by atoms with van der Waals surface area (Å²) in [6, 6.07) is 0. The largest absolute Gasteiger partial charge is 0.347 e. The zero-order chi connectivity index (χ0) is 11.7. The molecule has 0 spiro atoms. The Kier molecular flexibility index (Phi) is 3.01. The van der Waals surface area contributed by atoms with Crippen LogP contribution >= 0.6 is 11.3 Å². The molecule has 0 saturated carbocycles. The maximum absolute atomic E-state index is 4.63. The van der Waals surface area contributed by atoms with Crippen molar-refractivity contribution in [2.24, 2.45) is 0 Å². The Labute approximate surface area is 105 Å². The number of hydrogen-bond donors (Lipinski definition) is 0. The maximum atomic E-state index is 4.63. The smallest absolute Gasteiger partial charge is 0.214 e. The minimum Gasteiger partial charge on any atom is -0.347 e. The molecule has 1 saturated heterocycles. The lowest BCUT2D eigenvalue weighted by Crippen LogP contribution is -2.26. The molecule has 1 aliphatic heterocycles. The van der Waals surface area contributed by atoms with E-state index in [0.29, 0.717) is 0 Å². The third-order valence-electron chi connectivity index (χ3n) is 3.28. The van der Waals surface area contributed by atoms with Gasteiger partial charge in [0.25, 0.3) is 0 Å². The van der Waals surface area contributed by atoms with Crippen molar-refractivity contribution >= 4 is 21.4 Å². The summed E-state index contributed by atoms with van der Waals surface area (Å²) in [5, 5.41) is 5.76. The van der Waals surface area contributed by atoms with Gasteiger partial charge < -0.3 is 4.90 Å². The summed E-state index contributed by atoms with van der Waals surface area (Å²) >= 11 is 1.71. The van der Waals surface area contributed by atoms with E-state index in [0.717, 1.165) is 28.9 Å². The quantitative estimate of drug-likeness (QED) is 0.780. The van der Waals surface area contributed by atoms with Crippen LogP contribution in [0.1, 0.15) is 37.8 Å². The first kappa shape index (κ1) is 11.0. The van der Waals surface area contributed by atoms with Gasteiger partial charge in [-0.15, -0.1) is 5.10 Å². The van der Waals surface area contributed by atoms with Crippen molar-refractivity contribution in [2.45, 2.75) is 39.0 Å². The molecule has 0 radical (unpaired) electrons. The monoisotopic (exact) mass is 250 g/mol. The van der Waals surface area contributed by atoms with Crippen LogP contribution in [0.4, 0.5) is 5.13 Å². The summed E-state index contributed by atoms with van der Waals surface area (Å²) < 4.78 is 1.91. The van der Waals surface area contributed by atoms with E-state index in [4.69, 9.17) is 0 Å². The number of anilines is 1. The highest BCUT2D eigenvalue weighted by molar-refractivity contribution is 7.20. The summed E-state index contributed by atoms with van der Waals surface area (Å²) in [5.41, 5.74) is 1.04. The van der Waals surface area contributed by atoms with E-state index in [-0.39, 0.29) is 0 Å². The number of fused-ring (bicyclic) bond motifs is 1. The van der Waals surface area contributed by atoms with Gasteiger partial charge in [-0.2, -0.15) is 0 Å². The minimum absolute atomic E-state index is 1.01. The first-order valence-corrected chi connectivity index (χ1v) is 7.22. The number of imidazole rings is 1. The molecular weight excluding hydrogens is 232 g/mol. The van der Waals surface area contributed by atoms with Crippen molar-refractivity contribution in [2.75, 3.05) is 18.0 Å². The van der Waals surface area contributed by atoms with E-state index in [1.165, 1.54) is 32.1 Å². The summed E-state index contributed by atoms with van der Waals surface area (Å²) in [4.78, 5) is 7.90. The Morgan fingerprint density at radius 1 is 1.12 bits per heavy atom. The molecule has 3 heterocycles. The Bertz CT molecular complexity index is 462. The lowest BCUT2D eigenvalue weighted by molar-refractivity contribution is 0.554. The highest BCUT2D eigenvalue weighted by Crippen LogP contribution is 2.25. The number of hydrogen-bond acceptors (Lipinski definition) is 4. The van der Waals surface area contributed by atoms with Crippen LogP contribution in [0.2, 0.25) is 0 Å². The third kappa shape index (κ3) is 2.29. The predicted octanol–water partition coefficient (Wildman–Crippen LogP) is 2.87. The molecule has 0 N–H and O–H groups in total. The molecular formula is C12H18N4S. The van der Waals surface area contributed by atoms with Crippen LogP contribution < -0.4 is 4.90 Å². The SMILES string of the molecule is Cc1cn2nc(N3CCCCCCC3)sc2n1. The number of aromatic nitrogens is 3. The number of nitrogens with zero attached hydrogens (tertiary/aromatic N) is 4. The maximum Gasteiger partial charge on any atom is 0.214 e. The normalized spacial score (nSPS) is 18.3. The molecule has 0 bridgehead atoms. The van der Waals surface area contributed by atoms with Crippen molar-refractivity contribution in [3.05, 3.63) is 11.9 Å². The molecule has 0 atom stereocenters. The van der Waals surface area contributed by atoms with Crippen LogP contribution in [0.25, 0.3) is 4.96 Å². The Morgan fingerprint density at radius 2 is 1.82 bits per heavy atom. The Hall–Kier alpha value is -1.10. The van der Waals surface area contributed by atoms with E-state index in [9.17, 15) is 0 Å². The second-order valence-corrected chi connectivity index (χ2v) is 5.68. The van der Waals surface area contributed by atoms with Crippen LogP contribution in [0.3, 0.4) is 0 Å². The van der Waals surface area contributed by atoms with Crippen LogP contribution in [0, 0.1) is 6.92 Å². The molecule has 0 aromatic carbocycles. The molecule has 0 amide bonds. The average molecular weight is 250 g/mol. The third-order valence-corrected chi connectivity index (χ3v) is 4.26. The molecule has 17 heavy (non-hydrogen) atoms. The van der Waals surface area contributed by atoms with Crippen LogP contribution in [0.5, 0.6) is 0 Å². The zero-order valence-corrected chi connectivity index (χ0v) is 11.0. The molecule has 2 aromatic rings. The molecule has 1 fully saturated rings. The van der Waals surface area contributed by atoms with Gasteiger partial charge in [0.2, 0.25) is 10.1 Å². The molecule has 4 nitrogen and oxygen atoms in total. The van der Waals surface area contributed by atoms with Gasteiger partial charge in [-0.25, -0.2) is 9.50 Å². The number of aryl methyl sites for hydroxylation is 1. The first-order chi connectivity index (χ1) is 8.33. The van der Waals surface area contributed by atoms with E-state index >= 15 is 0 Å². The van der Waals surface area contributed by atoms with Gasteiger partial charge in [0.1, 0.15) is 0 Å². The van der Waals surface area contributed by atoms with Gasteiger partial charge in [-0.1, -0.05) is 30.6 Å². The lowest BCUT2D eigenvalue weighted by atomic mass is 10.1. The zero-order valence-electron chi connectivity index (χ0n) is 10.2.